The number of hydrogen-bond acceptors (Lipinski definition) is 5. The monoisotopic (exact) mass is 285 g/mol. The van der Waals surface area contributed by atoms with Crippen molar-refractivity contribution in [3.8, 4) is 0 Å². The number of aliphatic hydroxyl groups is 1. The summed E-state index contributed by atoms with van der Waals surface area (Å²) in [6.07, 6.45) is 0. The molecule has 0 saturated carbocycles. The molecule has 1 rings (SSSR count). The molecule has 0 aromatic carbocycles. The van der Waals surface area contributed by atoms with Crippen molar-refractivity contribution < 1.29 is 14.8 Å². The molecule has 0 spiro atoms. The first kappa shape index (κ1) is 16.6. The summed E-state index contributed by atoms with van der Waals surface area (Å²) >= 11 is 1.46. The maximum Gasteiger partial charge on any atom is 0.504 e. The van der Waals surface area contributed by atoms with E-state index >= 15 is 0 Å². The Morgan fingerprint density at radius 2 is 1.79 bits per heavy atom. The van der Waals surface area contributed by atoms with Gasteiger partial charge in [0.25, 0.3) is 0 Å². The molecule has 0 aliphatic rings. The number of nitrogens with zero attached hydrogens (tertiary/aromatic N) is 1. The number of rotatable bonds is 5. The Morgan fingerprint density at radius 3 is 2.16 bits per heavy atom. The van der Waals surface area contributed by atoms with Gasteiger partial charge in [-0.3, -0.25) is 0 Å². The molecule has 0 atom stereocenters. The van der Waals surface area contributed by atoms with Crippen LogP contribution in [-0.4, -0.2) is 33.4 Å². The van der Waals surface area contributed by atoms with Crippen LogP contribution in [0.15, 0.2) is 0 Å². The van der Waals surface area contributed by atoms with Gasteiger partial charge >= 0.3 is 7.12 Å². The van der Waals surface area contributed by atoms with Gasteiger partial charge in [0.05, 0.1) is 21.0 Å². The van der Waals surface area contributed by atoms with E-state index in [9.17, 15) is 10.1 Å². The highest BCUT2D eigenvalue weighted by Gasteiger charge is 2.40. The van der Waals surface area contributed by atoms with Crippen LogP contribution < -0.4 is 4.78 Å². The summed E-state index contributed by atoms with van der Waals surface area (Å²) in [5, 5.41) is 21.3. The van der Waals surface area contributed by atoms with Crippen LogP contribution in [0.25, 0.3) is 0 Å². The highest BCUT2D eigenvalue weighted by atomic mass is 32.1. The van der Waals surface area contributed by atoms with Gasteiger partial charge in [-0.25, -0.2) is 4.98 Å². The summed E-state index contributed by atoms with van der Waals surface area (Å²) in [6.45, 7) is 12.8. The Bertz CT molecular complexity index is 438. The molecule has 0 aliphatic heterocycles. The van der Waals surface area contributed by atoms with E-state index < -0.39 is 18.3 Å². The molecule has 0 fully saturated rings. The maximum atomic E-state index is 10.2. The van der Waals surface area contributed by atoms with E-state index in [-0.39, 0.29) is 0 Å². The van der Waals surface area contributed by atoms with Crippen molar-refractivity contribution >= 4 is 23.2 Å². The second-order valence-corrected chi connectivity index (χ2v) is 7.26. The zero-order valence-corrected chi connectivity index (χ0v) is 13.6. The van der Waals surface area contributed by atoms with Crippen LogP contribution in [0, 0.1) is 6.92 Å². The third kappa shape index (κ3) is 3.78. The molecule has 19 heavy (non-hydrogen) atoms. The molecule has 108 valence electrons. The van der Waals surface area contributed by atoms with Gasteiger partial charge in [0, 0.05) is 11.6 Å². The number of hydrogen-bond donors (Lipinski definition) is 2. The fourth-order valence-corrected chi connectivity index (χ4v) is 2.37. The Hall–Kier alpha value is -0.425. The quantitative estimate of drug-likeness (QED) is 0.810. The van der Waals surface area contributed by atoms with Crippen molar-refractivity contribution in [2.45, 2.75) is 65.6 Å². The van der Waals surface area contributed by atoms with Gasteiger partial charge in [-0.2, -0.15) is 0 Å². The molecule has 4 nitrogen and oxygen atoms in total. The molecular weight excluding hydrogens is 261 g/mol. The minimum absolute atomic E-state index is 0.326. The van der Waals surface area contributed by atoms with Gasteiger partial charge in [0.15, 0.2) is 0 Å². The van der Waals surface area contributed by atoms with Crippen LogP contribution in [0.5, 0.6) is 0 Å². The summed E-state index contributed by atoms with van der Waals surface area (Å²) in [6, 6.07) is 0. The van der Waals surface area contributed by atoms with E-state index in [0.29, 0.717) is 10.7 Å². The van der Waals surface area contributed by atoms with Crippen molar-refractivity contribution in [2.75, 3.05) is 0 Å². The van der Waals surface area contributed by atoms with Gasteiger partial charge in [-0.1, -0.05) is 13.8 Å². The van der Waals surface area contributed by atoms with Crippen molar-refractivity contribution in [1.29, 1.82) is 0 Å². The van der Waals surface area contributed by atoms with E-state index in [1.807, 2.05) is 6.92 Å². The topological polar surface area (TPSA) is 62.6 Å². The molecular formula is C13H24BNO3S. The van der Waals surface area contributed by atoms with E-state index in [0.717, 1.165) is 10.7 Å². The summed E-state index contributed by atoms with van der Waals surface area (Å²) in [5.41, 5.74) is -1.12. The molecule has 0 saturated heterocycles. The SMILES string of the molecule is Cc1nc(C(C)C)sc1B(O)OC(C)(C)C(C)(C)O. The molecule has 1 heterocycles. The predicted octanol–water partition coefficient (Wildman–Crippen LogP) is 1.83. The van der Waals surface area contributed by atoms with Crippen molar-refractivity contribution in [3.63, 3.8) is 0 Å². The van der Waals surface area contributed by atoms with Crippen LogP contribution in [0.4, 0.5) is 0 Å². The lowest BCUT2D eigenvalue weighted by Gasteiger charge is -2.38. The van der Waals surface area contributed by atoms with Crippen LogP contribution in [-0.2, 0) is 4.65 Å². The summed E-state index contributed by atoms with van der Waals surface area (Å²) < 4.78 is 6.35. The largest absolute Gasteiger partial charge is 0.504 e. The standard InChI is InChI=1S/C13H24BNO3S/c1-8(2)11-15-9(3)10(19-11)14(17)18-13(6,7)12(4,5)16/h8,16-17H,1-7H3. The molecule has 0 aliphatic carbocycles. The predicted molar refractivity (Wildman–Crippen MR) is 80.0 cm³/mol. The van der Waals surface area contributed by atoms with Gasteiger partial charge in [0.2, 0.25) is 0 Å². The summed E-state index contributed by atoms with van der Waals surface area (Å²) in [7, 11) is -1.06. The molecule has 1 aromatic rings. The van der Waals surface area contributed by atoms with E-state index in [1.54, 1.807) is 27.7 Å². The first-order chi connectivity index (χ1) is 8.45. The summed E-state index contributed by atoms with van der Waals surface area (Å²) in [4.78, 5) is 4.44. The normalized spacial score (nSPS) is 13.2. The lowest BCUT2D eigenvalue weighted by Crippen LogP contribution is -2.53. The minimum Gasteiger partial charge on any atom is -0.422 e. The molecule has 2 N–H and O–H groups in total. The van der Waals surface area contributed by atoms with E-state index in [4.69, 9.17) is 4.65 Å². The second-order valence-electron chi connectivity index (χ2n) is 6.20. The van der Waals surface area contributed by atoms with Gasteiger partial charge < -0.3 is 14.8 Å². The fraction of sp³-hybridized carbons (Fsp3) is 0.769. The van der Waals surface area contributed by atoms with Crippen LogP contribution in [0.2, 0.25) is 0 Å². The molecule has 6 heteroatoms. The van der Waals surface area contributed by atoms with Crippen LogP contribution in [0.3, 0.4) is 0 Å². The van der Waals surface area contributed by atoms with Gasteiger partial charge in [-0.15, -0.1) is 11.3 Å². The molecule has 0 amide bonds. The third-order valence-corrected chi connectivity index (χ3v) is 4.94. The number of aryl methyl sites for hydroxylation is 1. The lowest BCUT2D eigenvalue weighted by atomic mass is 9.81. The third-order valence-electron chi connectivity index (χ3n) is 3.45. The lowest BCUT2D eigenvalue weighted by molar-refractivity contribution is -0.0982. The molecule has 0 bridgehead atoms. The van der Waals surface area contributed by atoms with Gasteiger partial charge in [-0.05, 0) is 34.6 Å². The second kappa shape index (κ2) is 5.52. The molecule has 0 unspecified atom stereocenters. The van der Waals surface area contributed by atoms with Crippen molar-refractivity contribution in [3.05, 3.63) is 10.7 Å². The molecule has 0 radical (unpaired) electrons. The van der Waals surface area contributed by atoms with Crippen molar-refractivity contribution in [2.24, 2.45) is 0 Å². The number of aromatic nitrogens is 1. The molecule has 1 aromatic heterocycles. The first-order valence-electron chi connectivity index (χ1n) is 6.51. The van der Waals surface area contributed by atoms with E-state index in [2.05, 4.69) is 18.8 Å². The minimum atomic E-state index is -1.06. The first-order valence-corrected chi connectivity index (χ1v) is 7.33. The highest BCUT2D eigenvalue weighted by Crippen LogP contribution is 2.26. The van der Waals surface area contributed by atoms with Crippen LogP contribution >= 0.6 is 11.3 Å². The average molecular weight is 285 g/mol. The average Bonchev–Trinajstić information content (AvgIpc) is 2.57. The van der Waals surface area contributed by atoms with Gasteiger partial charge in [0.1, 0.15) is 0 Å². The maximum absolute atomic E-state index is 10.2. The zero-order chi connectivity index (χ0) is 15.0. The Labute approximate surface area is 120 Å². The highest BCUT2D eigenvalue weighted by molar-refractivity contribution is 7.22. The zero-order valence-electron chi connectivity index (χ0n) is 12.8. The van der Waals surface area contributed by atoms with E-state index in [1.165, 1.54) is 11.3 Å². The Kier molecular flexibility index (Phi) is 4.83. The summed E-state index contributed by atoms with van der Waals surface area (Å²) in [5.74, 6) is 0.326. The fourth-order valence-electron chi connectivity index (χ4n) is 1.38. The van der Waals surface area contributed by atoms with Crippen molar-refractivity contribution in [1.82, 2.24) is 4.98 Å². The Balaban J connectivity index is 2.93. The smallest absolute Gasteiger partial charge is 0.422 e. The number of thiazole rings is 1. The Morgan fingerprint density at radius 1 is 1.26 bits per heavy atom. The van der Waals surface area contributed by atoms with Crippen LogP contribution in [0.1, 0.15) is 58.2 Å².